The van der Waals surface area contributed by atoms with Crippen LogP contribution in [0.2, 0.25) is 0 Å². The van der Waals surface area contributed by atoms with Gasteiger partial charge in [0.2, 0.25) is 5.91 Å². The fourth-order valence-corrected chi connectivity index (χ4v) is 3.87. The molecule has 3 aromatic rings. The van der Waals surface area contributed by atoms with Crippen molar-refractivity contribution in [2.24, 2.45) is 0 Å². The number of hydrogen-bond donors (Lipinski definition) is 2. The first-order chi connectivity index (χ1) is 15.6. The van der Waals surface area contributed by atoms with Gasteiger partial charge in [0.05, 0.1) is 0 Å². The van der Waals surface area contributed by atoms with E-state index in [1.54, 1.807) is 0 Å². The molecule has 3 N–H and O–H groups in total. The smallest absolute Gasteiger partial charge is 0.217 e. The Bertz CT molecular complexity index is 1100. The SMILES string of the molecule is CC(=O)NCC=CCN1CC(c2cccc(OCc3ccccc3)c2)c2c(N)ncnc21. The molecule has 1 unspecified atom stereocenters. The maximum absolute atomic E-state index is 11.0. The molecule has 2 aromatic carbocycles. The summed E-state index contributed by atoms with van der Waals surface area (Å²) in [4.78, 5) is 21.9. The van der Waals surface area contributed by atoms with E-state index >= 15 is 0 Å². The van der Waals surface area contributed by atoms with Gasteiger partial charge in [0, 0.05) is 38.0 Å². The summed E-state index contributed by atoms with van der Waals surface area (Å²) in [5, 5.41) is 2.76. The molecule has 0 saturated heterocycles. The van der Waals surface area contributed by atoms with Gasteiger partial charge in [0.1, 0.15) is 30.3 Å². The Labute approximate surface area is 187 Å². The van der Waals surface area contributed by atoms with Crippen LogP contribution in [0.25, 0.3) is 0 Å². The molecule has 1 aromatic heterocycles. The van der Waals surface area contributed by atoms with Crippen LogP contribution in [-0.4, -0.2) is 35.5 Å². The minimum atomic E-state index is -0.0453. The number of aromatic nitrogens is 2. The number of fused-ring (bicyclic) bond motifs is 1. The Balaban J connectivity index is 1.50. The molecular formula is C25H27N5O2. The van der Waals surface area contributed by atoms with Gasteiger partial charge in [0.25, 0.3) is 0 Å². The van der Waals surface area contributed by atoms with E-state index in [0.717, 1.165) is 34.8 Å². The summed E-state index contributed by atoms with van der Waals surface area (Å²) in [6, 6.07) is 18.2. The molecule has 32 heavy (non-hydrogen) atoms. The number of amides is 1. The van der Waals surface area contributed by atoms with Crippen molar-refractivity contribution >= 4 is 17.5 Å². The molecule has 1 aliphatic heterocycles. The molecular weight excluding hydrogens is 402 g/mol. The van der Waals surface area contributed by atoms with Crippen molar-refractivity contribution in [3.63, 3.8) is 0 Å². The number of ether oxygens (including phenoxy) is 1. The molecule has 0 radical (unpaired) electrons. The molecule has 2 heterocycles. The molecule has 0 fully saturated rings. The highest BCUT2D eigenvalue weighted by atomic mass is 16.5. The van der Waals surface area contributed by atoms with Crippen LogP contribution < -0.4 is 20.7 Å². The second kappa shape index (κ2) is 9.96. The Kier molecular flexibility index (Phi) is 6.65. The Morgan fingerprint density at radius 1 is 1.19 bits per heavy atom. The minimum Gasteiger partial charge on any atom is -0.489 e. The van der Waals surface area contributed by atoms with Crippen molar-refractivity contribution in [1.82, 2.24) is 15.3 Å². The highest BCUT2D eigenvalue weighted by Crippen LogP contribution is 2.41. The summed E-state index contributed by atoms with van der Waals surface area (Å²) in [5.41, 5.74) is 9.45. The number of nitrogens with zero attached hydrogens (tertiary/aromatic N) is 3. The fourth-order valence-electron chi connectivity index (χ4n) is 3.87. The molecule has 0 aliphatic carbocycles. The van der Waals surface area contributed by atoms with Gasteiger partial charge < -0.3 is 20.7 Å². The lowest BCUT2D eigenvalue weighted by atomic mass is 9.94. The number of rotatable bonds is 8. The van der Waals surface area contributed by atoms with E-state index in [-0.39, 0.29) is 11.8 Å². The predicted molar refractivity (Wildman–Crippen MR) is 126 cm³/mol. The van der Waals surface area contributed by atoms with E-state index in [1.165, 1.54) is 13.3 Å². The first kappa shape index (κ1) is 21.4. The number of benzene rings is 2. The molecule has 1 atom stereocenters. The number of carbonyl (C=O) groups excluding carboxylic acids is 1. The molecule has 0 spiro atoms. The average molecular weight is 430 g/mol. The monoisotopic (exact) mass is 429 g/mol. The van der Waals surface area contributed by atoms with Crippen LogP contribution in [0.3, 0.4) is 0 Å². The highest BCUT2D eigenvalue weighted by Gasteiger charge is 2.33. The summed E-state index contributed by atoms with van der Waals surface area (Å²) >= 11 is 0. The summed E-state index contributed by atoms with van der Waals surface area (Å²) < 4.78 is 6.03. The van der Waals surface area contributed by atoms with Crippen LogP contribution in [0.15, 0.2) is 73.1 Å². The number of hydrogen-bond acceptors (Lipinski definition) is 6. The number of carbonyl (C=O) groups is 1. The second-order valence-corrected chi connectivity index (χ2v) is 7.71. The molecule has 164 valence electrons. The number of nitrogen functional groups attached to an aromatic ring is 1. The van der Waals surface area contributed by atoms with E-state index in [1.807, 2.05) is 54.6 Å². The molecule has 4 rings (SSSR count). The molecule has 0 saturated carbocycles. The zero-order valence-corrected chi connectivity index (χ0v) is 18.1. The molecule has 7 nitrogen and oxygen atoms in total. The molecule has 1 amide bonds. The normalized spacial score (nSPS) is 15.0. The summed E-state index contributed by atoms with van der Waals surface area (Å²) in [7, 11) is 0. The van der Waals surface area contributed by atoms with Crippen molar-refractivity contribution in [3.8, 4) is 5.75 Å². The fraction of sp³-hybridized carbons (Fsp3) is 0.240. The third-order valence-electron chi connectivity index (χ3n) is 5.41. The lowest BCUT2D eigenvalue weighted by Crippen LogP contribution is -2.23. The van der Waals surface area contributed by atoms with Gasteiger partial charge in [0.15, 0.2) is 0 Å². The van der Waals surface area contributed by atoms with E-state index in [9.17, 15) is 4.79 Å². The van der Waals surface area contributed by atoms with Gasteiger partial charge in [-0.2, -0.15) is 0 Å². The van der Waals surface area contributed by atoms with Crippen LogP contribution in [0, 0.1) is 0 Å². The number of nitrogens with one attached hydrogen (secondary N) is 1. The van der Waals surface area contributed by atoms with Gasteiger partial charge >= 0.3 is 0 Å². The lowest BCUT2D eigenvalue weighted by Gasteiger charge is -2.17. The van der Waals surface area contributed by atoms with Gasteiger partial charge in [-0.25, -0.2) is 9.97 Å². The van der Waals surface area contributed by atoms with Crippen molar-refractivity contribution in [2.45, 2.75) is 19.4 Å². The van der Waals surface area contributed by atoms with Gasteiger partial charge in [-0.1, -0.05) is 54.6 Å². The molecule has 1 aliphatic rings. The number of anilines is 2. The number of nitrogens with two attached hydrogens (primary N) is 1. The average Bonchev–Trinajstić information content (AvgIpc) is 3.18. The lowest BCUT2D eigenvalue weighted by molar-refractivity contribution is -0.118. The van der Waals surface area contributed by atoms with Crippen molar-refractivity contribution in [2.75, 3.05) is 30.3 Å². The van der Waals surface area contributed by atoms with Crippen LogP contribution >= 0.6 is 0 Å². The van der Waals surface area contributed by atoms with Crippen LogP contribution in [0.1, 0.15) is 29.5 Å². The summed E-state index contributed by atoms with van der Waals surface area (Å²) in [6.07, 6.45) is 5.47. The van der Waals surface area contributed by atoms with Crippen molar-refractivity contribution in [1.29, 1.82) is 0 Å². The standard InChI is InChI=1S/C25H27N5O2/c1-18(31)27-12-5-6-13-30-15-22(23-24(26)28-17-29-25(23)30)20-10-7-11-21(14-20)32-16-19-8-3-2-4-9-19/h2-11,14,17,22H,12-13,15-16H2,1H3,(H,27,31)(H2,26,28,29). The Morgan fingerprint density at radius 2 is 2.03 bits per heavy atom. The van der Waals surface area contributed by atoms with E-state index in [0.29, 0.717) is 25.5 Å². The topological polar surface area (TPSA) is 93.4 Å². The Morgan fingerprint density at radius 3 is 2.84 bits per heavy atom. The van der Waals surface area contributed by atoms with Crippen LogP contribution in [0.4, 0.5) is 11.6 Å². The van der Waals surface area contributed by atoms with E-state index in [4.69, 9.17) is 10.5 Å². The highest BCUT2D eigenvalue weighted by molar-refractivity contribution is 5.73. The zero-order chi connectivity index (χ0) is 22.3. The third-order valence-corrected chi connectivity index (χ3v) is 5.41. The van der Waals surface area contributed by atoms with Gasteiger partial charge in [-0.3, -0.25) is 4.79 Å². The minimum absolute atomic E-state index is 0.0453. The zero-order valence-electron chi connectivity index (χ0n) is 18.1. The largest absolute Gasteiger partial charge is 0.489 e. The van der Waals surface area contributed by atoms with Crippen molar-refractivity contribution in [3.05, 3.63) is 89.8 Å². The van der Waals surface area contributed by atoms with Gasteiger partial charge in [-0.05, 0) is 23.3 Å². The third kappa shape index (κ3) is 5.06. The second-order valence-electron chi connectivity index (χ2n) is 7.71. The first-order valence-electron chi connectivity index (χ1n) is 10.6. The molecule has 0 bridgehead atoms. The predicted octanol–water partition coefficient (Wildman–Crippen LogP) is 3.28. The maximum Gasteiger partial charge on any atom is 0.217 e. The van der Waals surface area contributed by atoms with Gasteiger partial charge in [-0.15, -0.1) is 0 Å². The quantitative estimate of drug-likeness (QED) is 0.534. The maximum atomic E-state index is 11.0. The first-order valence-corrected chi connectivity index (χ1v) is 10.6. The van der Waals surface area contributed by atoms with Crippen LogP contribution in [-0.2, 0) is 11.4 Å². The Hall–Kier alpha value is -3.87. The molecule has 7 heteroatoms. The summed E-state index contributed by atoms with van der Waals surface area (Å²) in [5.74, 6) is 2.17. The van der Waals surface area contributed by atoms with Crippen molar-refractivity contribution < 1.29 is 9.53 Å². The van der Waals surface area contributed by atoms with E-state index < -0.39 is 0 Å². The van der Waals surface area contributed by atoms with Crippen LogP contribution in [0.5, 0.6) is 5.75 Å². The summed E-state index contributed by atoms with van der Waals surface area (Å²) in [6.45, 7) is 3.94. The van der Waals surface area contributed by atoms with E-state index in [2.05, 4.69) is 32.3 Å².